The Morgan fingerprint density at radius 1 is 1.29 bits per heavy atom. The van der Waals surface area contributed by atoms with E-state index in [0.717, 1.165) is 29.9 Å². The second-order valence-electron chi connectivity index (χ2n) is 6.66. The normalized spacial score (nSPS) is 11.6. The number of aryl methyl sites for hydroxylation is 1. The van der Waals surface area contributed by atoms with Crippen LogP contribution in [0.15, 0.2) is 18.2 Å². The third-order valence-electron chi connectivity index (χ3n) is 3.26. The average molecular weight is 291 g/mol. The van der Waals surface area contributed by atoms with Gasteiger partial charge in [0.2, 0.25) is 0 Å². The molecule has 0 saturated heterocycles. The minimum Gasteiger partial charge on any atom is -0.385 e. The molecule has 0 unspecified atom stereocenters. The average Bonchev–Trinajstić information content (AvgIpc) is 2.37. The van der Waals surface area contributed by atoms with Gasteiger partial charge in [-0.2, -0.15) is 0 Å². The van der Waals surface area contributed by atoms with Crippen molar-refractivity contribution >= 4 is 11.6 Å². The number of carbonyl (C=O) groups excluding carboxylic acids is 1. The topological polar surface area (TPSA) is 44.4 Å². The second kappa shape index (κ2) is 7.46. The number of hydrogen-bond acceptors (Lipinski definition) is 3. The largest absolute Gasteiger partial charge is 0.385 e. The van der Waals surface area contributed by atoms with Gasteiger partial charge in [0.05, 0.1) is 5.56 Å². The third-order valence-corrected chi connectivity index (χ3v) is 3.26. The minimum absolute atomic E-state index is 0.0125. The summed E-state index contributed by atoms with van der Waals surface area (Å²) >= 11 is 0. The molecule has 0 heterocycles. The molecule has 1 amide bonds. The van der Waals surface area contributed by atoms with Crippen molar-refractivity contribution in [2.45, 2.75) is 27.7 Å². The molecule has 1 aromatic carbocycles. The molecular weight excluding hydrogens is 262 g/mol. The molecule has 0 radical (unpaired) electrons. The number of hydrogen-bond donors (Lipinski definition) is 2. The maximum atomic E-state index is 12.5. The van der Waals surface area contributed by atoms with Crippen LogP contribution in [0.2, 0.25) is 0 Å². The van der Waals surface area contributed by atoms with Gasteiger partial charge < -0.3 is 15.5 Å². The van der Waals surface area contributed by atoms with Crippen LogP contribution in [0.25, 0.3) is 0 Å². The Balaban J connectivity index is 2.77. The fourth-order valence-corrected chi connectivity index (χ4v) is 2.52. The predicted molar refractivity (Wildman–Crippen MR) is 90.0 cm³/mol. The first kappa shape index (κ1) is 17.5. The lowest BCUT2D eigenvalue weighted by Gasteiger charge is -2.28. The molecule has 0 aromatic heterocycles. The Morgan fingerprint density at radius 2 is 1.95 bits per heavy atom. The van der Waals surface area contributed by atoms with E-state index in [4.69, 9.17) is 0 Å². The molecule has 0 spiro atoms. The number of amides is 1. The SMILES string of the molecule is CCNc1ccc(C)cc1C(=O)NCC(C)(C)CN(C)C. The molecule has 1 aromatic rings. The zero-order chi connectivity index (χ0) is 16.0. The summed E-state index contributed by atoms with van der Waals surface area (Å²) in [4.78, 5) is 14.6. The zero-order valence-corrected chi connectivity index (χ0v) is 14.2. The van der Waals surface area contributed by atoms with Gasteiger partial charge in [-0.25, -0.2) is 0 Å². The Labute approximate surface area is 128 Å². The Bertz CT molecular complexity index is 481. The molecule has 0 fully saturated rings. The Morgan fingerprint density at radius 3 is 2.52 bits per heavy atom. The quantitative estimate of drug-likeness (QED) is 0.812. The highest BCUT2D eigenvalue weighted by atomic mass is 16.1. The fraction of sp³-hybridized carbons (Fsp3) is 0.588. The summed E-state index contributed by atoms with van der Waals surface area (Å²) in [6.07, 6.45) is 0. The lowest BCUT2D eigenvalue weighted by atomic mass is 9.92. The number of rotatable bonds is 7. The number of carbonyl (C=O) groups is 1. The van der Waals surface area contributed by atoms with Crippen LogP contribution in [-0.2, 0) is 0 Å². The van der Waals surface area contributed by atoms with Gasteiger partial charge in [-0.1, -0.05) is 25.5 Å². The van der Waals surface area contributed by atoms with Gasteiger partial charge in [0.25, 0.3) is 5.91 Å². The molecule has 2 N–H and O–H groups in total. The first-order valence-corrected chi connectivity index (χ1v) is 7.52. The van der Waals surface area contributed by atoms with Crippen molar-refractivity contribution in [3.8, 4) is 0 Å². The molecule has 0 atom stereocenters. The molecule has 21 heavy (non-hydrogen) atoms. The van der Waals surface area contributed by atoms with Crippen molar-refractivity contribution in [3.63, 3.8) is 0 Å². The van der Waals surface area contributed by atoms with Crippen LogP contribution in [0.1, 0.15) is 36.7 Å². The number of benzene rings is 1. The fourth-order valence-electron chi connectivity index (χ4n) is 2.52. The van der Waals surface area contributed by atoms with E-state index in [1.165, 1.54) is 0 Å². The third kappa shape index (κ3) is 5.76. The Kier molecular flexibility index (Phi) is 6.21. The monoisotopic (exact) mass is 291 g/mol. The van der Waals surface area contributed by atoms with Gasteiger partial charge in [0.15, 0.2) is 0 Å². The van der Waals surface area contributed by atoms with Crippen molar-refractivity contribution in [1.82, 2.24) is 10.2 Å². The standard InChI is InChI=1S/C17H29N3O/c1-7-18-15-9-8-13(2)10-14(15)16(21)19-11-17(3,4)12-20(5)6/h8-10,18H,7,11-12H2,1-6H3,(H,19,21). The van der Waals surface area contributed by atoms with E-state index in [9.17, 15) is 4.79 Å². The van der Waals surface area contributed by atoms with E-state index < -0.39 is 0 Å². The highest BCUT2D eigenvalue weighted by Gasteiger charge is 2.21. The number of nitrogens with one attached hydrogen (secondary N) is 2. The predicted octanol–water partition coefficient (Wildman–Crippen LogP) is 2.74. The van der Waals surface area contributed by atoms with Gasteiger partial charge in [-0.05, 0) is 45.5 Å². The van der Waals surface area contributed by atoms with Crippen molar-refractivity contribution in [2.75, 3.05) is 39.0 Å². The van der Waals surface area contributed by atoms with E-state index in [1.807, 2.05) is 46.1 Å². The summed E-state index contributed by atoms with van der Waals surface area (Å²) in [7, 11) is 4.10. The van der Waals surface area contributed by atoms with Gasteiger partial charge in [-0.3, -0.25) is 4.79 Å². The summed E-state index contributed by atoms with van der Waals surface area (Å²) in [6.45, 7) is 10.7. The molecule has 0 bridgehead atoms. The summed E-state index contributed by atoms with van der Waals surface area (Å²) in [5.74, 6) is -0.0125. The highest BCUT2D eigenvalue weighted by Crippen LogP contribution is 2.19. The molecule has 1 rings (SSSR count). The smallest absolute Gasteiger partial charge is 0.253 e. The van der Waals surface area contributed by atoms with E-state index in [1.54, 1.807) is 0 Å². The molecule has 0 aliphatic carbocycles. The van der Waals surface area contributed by atoms with Crippen molar-refractivity contribution in [2.24, 2.45) is 5.41 Å². The van der Waals surface area contributed by atoms with Crippen LogP contribution in [0.4, 0.5) is 5.69 Å². The van der Waals surface area contributed by atoms with Gasteiger partial charge in [-0.15, -0.1) is 0 Å². The van der Waals surface area contributed by atoms with E-state index >= 15 is 0 Å². The molecule has 0 saturated carbocycles. The number of nitrogens with zero attached hydrogens (tertiary/aromatic N) is 1. The van der Waals surface area contributed by atoms with Crippen LogP contribution in [0, 0.1) is 12.3 Å². The van der Waals surface area contributed by atoms with Crippen molar-refractivity contribution in [1.29, 1.82) is 0 Å². The lowest BCUT2D eigenvalue weighted by Crippen LogP contribution is -2.40. The summed E-state index contributed by atoms with van der Waals surface area (Å²) in [5.41, 5.74) is 2.75. The first-order chi connectivity index (χ1) is 9.75. The minimum atomic E-state index is -0.0125. The molecule has 0 aliphatic heterocycles. The second-order valence-corrected chi connectivity index (χ2v) is 6.66. The molecule has 4 nitrogen and oxygen atoms in total. The van der Waals surface area contributed by atoms with Crippen LogP contribution < -0.4 is 10.6 Å². The lowest BCUT2D eigenvalue weighted by molar-refractivity contribution is 0.0930. The molecule has 4 heteroatoms. The van der Waals surface area contributed by atoms with Crippen LogP contribution in [0.3, 0.4) is 0 Å². The highest BCUT2D eigenvalue weighted by molar-refractivity contribution is 5.99. The maximum Gasteiger partial charge on any atom is 0.253 e. The van der Waals surface area contributed by atoms with Gasteiger partial charge in [0.1, 0.15) is 0 Å². The van der Waals surface area contributed by atoms with Crippen molar-refractivity contribution in [3.05, 3.63) is 29.3 Å². The van der Waals surface area contributed by atoms with E-state index in [2.05, 4.69) is 29.4 Å². The summed E-state index contributed by atoms with van der Waals surface area (Å²) in [6, 6.07) is 5.93. The van der Waals surface area contributed by atoms with E-state index in [-0.39, 0.29) is 11.3 Å². The van der Waals surface area contributed by atoms with Crippen LogP contribution in [0.5, 0.6) is 0 Å². The zero-order valence-electron chi connectivity index (χ0n) is 14.2. The summed E-state index contributed by atoms with van der Waals surface area (Å²) in [5, 5.41) is 6.31. The van der Waals surface area contributed by atoms with Gasteiger partial charge >= 0.3 is 0 Å². The molecule has 0 aliphatic rings. The molecular formula is C17H29N3O. The van der Waals surface area contributed by atoms with Gasteiger partial charge in [0, 0.05) is 25.3 Å². The Hall–Kier alpha value is -1.55. The molecule has 118 valence electrons. The maximum absolute atomic E-state index is 12.5. The van der Waals surface area contributed by atoms with Crippen LogP contribution >= 0.6 is 0 Å². The number of anilines is 1. The van der Waals surface area contributed by atoms with Crippen molar-refractivity contribution < 1.29 is 4.79 Å². The van der Waals surface area contributed by atoms with E-state index in [0.29, 0.717) is 6.54 Å². The first-order valence-electron chi connectivity index (χ1n) is 7.52. The van der Waals surface area contributed by atoms with Crippen LogP contribution in [-0.4, -0.2) is 44.5 Å². The summed E-state index contributed by atoms with van der Waals surface area (Å²) < 4.78 is 0.